The summed E-state index contributed by atoms with van der Waals surface area (Å²) in [6.07, 6.45) is -4.32. The Bertz CT molecular complexity index is 532. The summed E-state index contributed by atoms with van der Waals surface area (Å²) in [4.78, 5) is 1.08. The average molecular weight is 268 g/mol. The van der Waals surface area contributed by atoms with E-state index >= 15 is 0 Å². The Labute approximate surface area is 108 Å². The van der Waals surface area contributed by atoms with Gasteiger partial charge in [-0.15, -0.1) is 0 Å². The van der Waals surface area contributed by atoms with Crippen molar-refractivity contribution in [3.63, 3.8) is 0 Å². The first-order valence-corrected chi connectivity index (χ1v) is 6.20. The third kappa shape index (κ3) is 2.88. The summed E-state index contributed by atoms with van der Waals surface area (Å²) < 4.78 is 38.8. The van der Waals surface area contributed by atoms with E-state index in [1.165, 1.54) is 6.07 Å². The van der Waals surface area contributed by atoms with Crippen LogP contribution < -0.4 is 0 Å². The van der Waals surface area contributed by atoms with Crippen LogP contribution >= 0.6 is 11.8 Å². The monoisotopic (exact) mass is 268 g/mol. The van der Waals surface area contributed by atoms with E-state index in [1.807, 2.05) is 18.2 Å². The maximum atomic E-state index is 12.9. The highest BCUT2D eigenvalue weighted by atomic mass is 32.2. The van der Waals surface area contributed by atoms with Gasteiger partial charge in [0.25, 0.3) is 0 Å². The molecule has 2 rings (SSSR count). The molecular weight excluding hydrogens is 257 g/mol. The lowest BCUT2D eigenvalue weighted by atomic mass is 10.1. The van der Waals surface area contributed by atoms with Crippen molar-refractivity contribution in [2.75, 3.05) is 0 Å². The Morgan fingerprint density at radius 2 is 1.56 bits per heavy atom. The molecular formula is C14H11F3S. The lowest BCUT2D eigenvalue weighted by molar-refractivity contribution is -0.139. The number of hydrogen-bond donors (Lipinski definition) is 0. The second-order valence-corrected chi connectivity index (χ2v) is 4.95. The molecule has 0 aliphatic carbocycles. The van der Waals surface area contributed by atoms with Crippen LogP contribution in [0, 0.1) is 6.92 Å². The molecule has 94 valence electrons. The summed E-state index contributed by atoms with van der Waals surface area (Å²) in [7, 11) is 0. The van der Waals surface area contributed by atoms with E-state index in [4.69, 9.17) is 0 Å². The molecule has 0 aromatic heterocycles. The van der Waals surface area contributed by atoms with E-state index in [9.17, 15) is 13.2 Å². The molecule has 0 atom stereocenters. The Morgan fingerprint density at radius 3 is 2.17 bits per heavy atom. The van der Waals surface area contributed by atoms with Gasteiger partial charge in [-0.25, -0.2) is 0 Å². The molecule has 0 saturated carbocycles. The number of hydrogen-bond acceptors (Lipinski definition) is 1. The number of halogens is 3. The van der Waals surface area contributed by atoms with E-state index < -0.39 is 11.7 Å². The summed E-state index contributed by atoms with van der Waals surface area (Å²) in [6, 6.07) is 13.3. The Hall–Kier alpha value is -1.42. The molecule has 2 aromatic carbocycles. The van der Waals surface area contributed by atoms with E-state index in [0.29, 0.717) is 5.56 Å². The number of rotatable bonds is 2. The van der Waals surface area contributed by atoms with Crippen molar-refractivity contribution in [1.29, 1.82) is 0 Å². The number of aryl methyl sites for hydroxylation is 1. The van der Waals surface area contributed by atoms with Gasteiger partial charge in [0.05, 0.1) is 5.56 Å². The Morgan fingerprint density at radius 1 is 0.889 bits per heavy atom. The van der Waals surface area contributed by atoms with Crippen molar-refractivity contribution >= 4 is 11.8 Å². The van der Waals surface area contributed by atoms with Crippen molar-refractivity contribution in [3.8, 4) is 0 Å². The fourth-order valence-corrected chi connectivity index (χ4v) is 2.67. The van der Waals surface area contributed by atoms with Crippen LogP contribution in [0.3, 0.4) is 0 Å². The lowest BCUT2D eigenvalue weighted by Gasteiger charge is -2.14. The first-order chi connectivity index (χ1) is 8.48. The summed E-state index contributed by atoms with van der Waals surface area (Å²) in [6.45, 7) is 1.69. The van der Waals surface area contributed by atoms with Gasteiger partial charge < -0.3 is 0 Å². The van der Waals surface area contributed by atoms with Gasteiger partial charge in [0, 0.05) is 9.79 Å². The first-order valence-electron chi connectivity index (χ1n) is 5.38. The highest BCUT2D eigenvalue weighted by Crippen LogP contribution is 2.40. The van der Waals surface area contributed by atoms with Crippen molar-refractivity contribution < 1.29 is 13.2 Å². The second-order valence-electron chi connectivity index (χ2n) is 3.86. The van der Waals surface area contributed by atoms with Crippen LogP contribution in [-0.4, -0.2) is 0 Å². The lowest BCUT2D eigenvalue weighted by Crippen LogP contribution is -2.07. The predicted octanol–water partition coefficient (Wildman–Crippen LogP) is 5.17. The zero-order valence-corrected chi connectivity index (χ0v) is 10.5. The summed E-state index contributed by atoms with van der Waals surface area (Å²) in [5, 5.41) is 0. The van der Waals surface area contributed by atoms with Crippen molar-refractivity contribution in [2.45, 2.75) is 22.9 Å². The highest BCUT2D eigenvalue weighted by Gasteiger charge is 2.34. The number of benzene rings is 2. The topological polar surface area (TPSA) is 0 Å². The van der Waals surface area contributed by atoms with Crippen LogP contribution in [-0.2, 0) is 6.18 Å². The molecule has 0 radical (unpaired) electrons. The molecule has 0 unspecified atom stereocenters. The zero-order chi connectivity index (χ0) is 13.2. The van der Waals surface area contributed by atoms with Gasteiger partial charge in [0.15, 0.2) is 0 Å². The van der Waals surface area contributed by atoms with Gasteiger partial charge in [-0.1, -0.05) is 42.1 Å². The zero-order valence-electron chi connectivity index (χ0n) is 9.66. The van der Waals surface area contributed by atoms with Crippen molar-refractivity contribution in [1.82, 2.24) is 0 Å². The van der Waals surface area contributed by atoms with Gasteiger partial charge in [-0.05, 0) is 30.7 Å². The molecule has 2 aromatic rings. The quantitative estimate of drug-likeness (QED) is 0.724. The maximum absolute atomic E-state index is 12.9. The molecule has 4 heteroatoms. The van der Waals surface area contributed by atoms with E-state index in [0.717, 1.165) is 22.7 Å². The van der Waals surface area contributed by atoms with E-state index in [1.54, 1.807) is 25.1 Å². The minimum Gasteiger partial charge on any atom is -0.166 e. The van der Waals surface area contributed by atoms with Crippen LogP contribution in [0.4, 0.5) is 13.2 Å². The molecule has 0 bridgehead atoms. The predicted molar refractivity (Wildman–Crippen MR) is 66.7 cm³/mol. The third-order valence-electron chi connectivity index (χ3n) is 2.48. The SMILES string of the molecule is Cc1cccc(C(F)(F)F)c1Sc1ccccc1. The number of alkyl halides is 3. The fourth-order valence-electron chi connectivity index (χ4n) is 1.62. The first kappa shape index (κ1) is 13.0. The summed E-state index contributed by atoms with van der Waals surface area (Å²) in [5.41, 5.74) is 0.0648. The fraction of sp³-hybridized carbons (Fsp3) is 0.143. The van der Waals surface area contributed by atoms with Gasteiger partial charge in [0.1, 0.15) is 0 Å². The van der Waals surface area contributed by atoms with Gasteiger partial charge >= 0.3 is 6.18 Å². The molecule has 0 N–H and O–H groups in total. The minimum atomic E-state index is -4.32. The molecule has 0 amide bonds. The molecule has 0 heterocycles. The average Bonchev–Trinajstić information content (AvgIpc) is 2.32. The molecule has 0 aliphatic rings. The van der Waals surface area contributed by atoms with Crippen molar-refractivity contribution in [2.24, 2.45) is 0 Å². The smallest absolute Gasteiger partial charge is 0.166 e. The maximum Gasteiger partial charge on any atom is 0.417 e. The summed E-state index contributed by atoms with van der Waals surface area (Å²) in [5.74, 6) is 0. The molecule has 0 aliphatic heterocycles. The largest absolute Gasteiger partial charge is 0.417 e. The Balaban J connectivity index is 2.44. The second kappa shape index (κ2) is 5.06. The van der Waals surface area contributed by atoms with Crippen molar-refractivity contribution in [3.05, 3.63) is 59.7 Å². The molecule has 0 spiro atoms. The highest BCUT2D eigenvalue weighted by molar-refractivity contribution is 7.99. The molecule has 0 saturated heterocycles. The van der Waals surface area contributed by atoms with Gasteiger partial charge in [0.2, 0.25) is 0 Å². The molecule has 18 heavy (non-hydrogen) atoms. The van der Waals surface area contributed by atoms with Crippen LogP contribution in [0.25, 0.3) is 0 Å². The molecule has 0 fully saturated rings. The van der Waals surface area contributed by atoms with Crippen LogP contribution in [0.1, 0.15) is 11.1 Å². The van der Waals surface area contributed by atoms with Crippen LogP contribution in [0.5, 0.6) is 0 Å². The van der Waals surface area contributed by atoms with Crippen LogP contribution in [0.15, 0.2) is 58.3 Å². The molecule has 0 nitrogen and oxygen atoms in total. The van der Waals surface area contributed by atoms with Gasteiger partial charge in [-0.3, -0.25) is 0 Å². The van der Waals surface area contributed by atoms with Crippen LogP contribution in [0.2, 0.25) is 0 Å². The normalized spacial score (nSPS) is 11.6. The Kier molecular flexibility index (Phi) is 3.66. The summed E-state index contributed by atoms with van der Waals surface area (Å²) >= 11 is 1.15. The third-order valence-corrected chi connectivity index (χ3v) is 3.73. The van der Waals surface area contributed by atoms with Gasteiger partial charge in [-0.2, -0.15) is 13.2 Å². The van der Waals surface area contributed by atoms with E-state index in [-0.39, 0.29) is 4.90 Å². The minimum absolute atomic E-state index is 0.274. The standard InChI is InChI=1S/C14H11F3S/c1-10-6-5-9-12(14(15,16)17)13(10)18-11-7-3-2-4-8-11/h2-9H,1H3. The van der Waals surface area contributed by atoms with E-state index in [2.05, 4.69) is 0 Å².